The highest BCUT2D eigenvalue weighted by molar-refractivity contribution is 14.1. The molecule has 0 saturated carbocycles. The van der Waals surface area contributed by atoms with E-state index in [1.54, 1.807) is 187 Å². The summed E-state index contributed by atoms with van der Waals surface area (Å²) in [6.45, 7) is 33.4. The number of rotatable bonds is 46. The second-order valence-corrected chi connectivity index (χ2v) is 47.4. The van der Waals surface area contributed by atoms with Gasteiger partial charge in [0.1, 0.15) is 27.9 Å². The molecule has 0 fully saturated rings. The standard InChI is InChI=1S/2C28H38N2O6S.C27H36N2O6S.C23H30N2O4S.C4H7ClO2.CH3I/c1-20(2)18-30(37(32,33)23-12-13-25-22(17-23)14-15-35-25)19-26(34-6)24(16-21-10-8-7-9-11-21)29-27(31)36-28(3,4)5;1-20(2)18-30(37(32,33)24-12-13-26-23(17-24)14-15-35-26)19-27(34-6)25(16-22-10-8-7-9-11-22)29(5)28(31)36-21(3)4;1-19(2)17-29(36(31,32)23-11-12-25-22(16-23)13-14-34-25)18-26(33-5)24(28-27(30)35-20(3)4)15-21-9-7-6-8-10-21;1-17(2)15-25(16-23(28-3)21(24)13-18-7-5-4-6-8-18)30(26,27)20-9-10-22-19(14-20)11-12-29-22;1-3(2)7-4(5)6;1-2/h7-15,17,20,24,26H,16,18-19H2,1-6H3,(H,29,31);7-15,17,20-21,25,27H,16,18-19H2,1-6H3;6-14,16,19-20,24,26H,15,17-18H2,1-5H3,(H,28,30);4-12,14,17,21,23H,13,15-16,24H2,1-3H3;3H,1-2H3;1H3/t24-,26+;25-,27+;24-,26+;21-,23+;;/m0000../s1. The van der Waals surface area contributed by atoms with Crippen molar-refractivity contribution in [2.75, 3.05) is 92.8 Å². The van der Waals surface area contributed by atoms with Gasteiger partial charge in [-0.05, 0) is 236 Å². The number of carbonyl (C=O) groups excluding carboxylic acids is 4. The molecule has 12 rings (SSSR count). The Kier molecular flexibility index (Phi) is 51.2. The number of methoxy groups -OCH3 is 4. The average Bonchev–Trinajstić information content (AvgIpc) is 1.72. The highest BCUT2D eigenvalue weighted by Crippen LogP contribution is 2.32. The summed E-state index contributed by atoms with van der Waals surface area (Å²) < 4.78 is 181. The Morgan fingerprint density at radius 1 is 0.356 bits per heavy atom. The predicted molar refractivity (Wildman–Crippen MR) is 593 cm³/mol. The summed E-state index contributed by atoms with van der Waals surface area (Å²) in [4.78, 5) is 52.2. The first-order valence-electron chi connectivity index (χ1n) is 49.5. The molecule has 4 N–H and O–H groups in total. The van der Waals surface area contributed by atoms with Gasteiger partial charge in [0.25, 0.3) is 0 Å². The fourth-order valence-corrected chi connectivity index (χ4v) is 22.9. The Labute approximate surface area is 899 Å². The topological polar surface area (TPSA) is 398 Å². The minimum atomic E-state index is -3.87. The van der Waals surface area contributed by atoms with Crippen LogP contribution in [0, 0.1) is 23.7 Å². The highest BCUT2D eigenvalue weighted by atomic mass is 127. The van der Waals surface area contributed by atoms with Gasteiger partial charge in [-0.2, -0.15) is 17.2 Å². The lowest BCUT2D eigenvalue weighted by molar-refractivity contribution is 0.00282. The number of furan rings is 4. The molecule has 0 saturated heterocycles. The zero-order valence-electron chi connectivity index (χ0n) is 89.7. The number of ether oxygens (including phenoxy) is 8. The minimum Gasteiger partial charge on any atom is -0.464 e. The molecule has 0 aliphatic rings. The van der Waals surface area contributed by atoms with Gasteiger partial charge in [-0.3, -0.25) is 0 Å². The maximum Gasteiger partial charge on any atom is 0.410 e. The van der Waals surface area contributed by atoms with E-state index in [9.17, 15) is 52.8 Å². The first-order valence-corrected chi connectivity index (χ1v) is 57.8. The molecular formula is C111H152ClIN8O24S4. The summed E-state index contributed by atoms with van der Waals surface area (Å²) >= 11 is 6.96. The summed E-state index contributed by atoms with van der Waals surface area (Å²) in [6.07, 6.45) is 3.47. The Hall–Kier alpha value is -10.3. The summed E-state index contributed by atoms with van der Waals surface area (Å²) in [7, 11) is -7.48. The second kappa shape index (κ2) is 60.8. The number of halogens is 2. The Balaban J connectivity index is 0.000000262. The van der Waals surface area contributed by atoms with Crippen LogP contribution in [0.1, 0.15) is 140 Å². The van der Waals surface area contributed by atoms with Crippen molar-refractivity contribution in [2.45, 2.75) is 235 Å². The van der Waals surface area contributed by atoms with Crippen LogP contribution in [0.2, 0.25) is 0 Å². The third kappa shape index (κ3) is 40.3. The van der Waals surface area contributed by atoms with E-state index < -0.39 is 112 Å². The largest absolute Gasteiger partial charge is 0.464 e. The number of hydrogen-bond donors (Lipinski definition) is 3. The number of carbonyl (C=O) groups is 4. The fourth-order valence-electron chi connectivity index (χ4n) is 16.1. The molecule has 0 bridgehead atoms. The molecular weight excluding hydrogens is 2120 g/mol. The van der Waals surface area contributed by atoms with Crippen LogP contribution in [0.25, 0.3) is 43.9 Å². The summed E-state index contributed by atoms with van der Waals surface area (Å²) in [5, 5.41) is 8.71. The number of nitrogens with two attached hydrogens (primary N) is 1. The number of nitrogens with one attached hydrogen (secondary N) is 2. The summed E-state index contributed by atoms with van der Waals surface area (Å²) in [6, 6.07) is 63.5. The molecule has 12 aromatic rings. The molecule has 0 aliphatic heterocycles. The zero-order chi connectivity index (χ0) is 110. The SMILES string of the molecule is CC(C)OC(=O)Cl.CI.CO[C@H](CN(CC(C)C)S(=O)(=O)c1ccc2occc2c1)[C@@H](N)Cc1ccccc1.CO[C@H](CN(CC(C)C)S(=O)(=O)c1ccc2occc2c1)[C@H](Cc1ccccc1)N(C)C(=O)OC(C)C.CO[C@H](CN(CC(C)C)S(=O)(=O)c1ccc2occc2c1)[C@H](Cc1ccccc1)NC(=O)OC(C)(C)C.CO[C@H](CN(CC(C)C)S(=O)(=O)c1ccc2occc2c1)[C@H](Cc1ccccc1)NC(=O)OC(C)C. The van der Waals surface area contributed by atoms with Crippen molar-refractivity contribution in [3.05, 3.63) is 266 Å². The Morgan fingerprint density at radius 2 is 0.624 bits per heavy atom. The van der Waals surface area contributed by atoms with E-state index in [1.807, 2.05) is 182 Å². The molecule has 3 amide bonds. The van der Waals surface area contributed by atoms with Crippen molar-refractivity contribution < 1.29 is 108 Å². The maximum absolute atomic E-state index is 13.8. The van der Waals surface area contributed by atoms with Crippen LogP contribution < -0.4 is 16.4 Å². The van der Waals surface area contributed by atoms with Crippen LogP contribution in [-0.4, -0.2) is 245 Å². The molecule has 38 heteroatoms. The van der Waals surface area contributed by atoms with Crippen molar-refractivity contribution in [1.82, 2.24) is 32.8 Å². The van der Waals surface area contributed by atoms with Gasteiger partial charge in [0.15, 0.2) is 0 Å². The Morgan fingerprint density at radius 3 is 0.886 bits per heavy atom. The van der Waals surface area contributed by atoms with Crippen LogP contribution >= 0.6 is 34.2 Å². The molecule has 149 heavy (non-hydrogen) atoms. The number of amides is 3. The third-order valence-corrected chi connectivity index (χ3v) is 30.5. The van der Waals surface area contributed by atoms with Gasteiger partial charge in [-0.25, -0.2) is 52.8 Å². The zero-order valence-corrected chi connectivity index (χ0v) is 95.9. The van der Waals surface area contributed by atoms with E-state index in [4.69, 9.17) is 68.2 Å². The van der Waals surface area contributed by atoms with E-state index in [0.29, 0.717) is 83.8 Å². The average molecular weight is 2270 g/mol. The maximum atomic E-state index is 13.8. The third-order valence-electron chi connectivity index (χ3n) is 23.1. The monoisotopic (exact) mass is 2270 g/mol. The van der Waals surface area contributed by atoms with Gasteiger partial charge in [-0.15, -0.1) is 0 Å². The van der Waals surface area contributed by atoms with Crippen LogP contribution in [-0.2, 0) is 104 Å². The van der Waals surface area contributed by atoms with Crippen LogP contribution in [0.3, 0.4) is 0 Å². The van der Waals surface area contributed by atoms with Crippen molar-refractivity contribution in [1.29, 1.82) is 0 Å². The van der Waals surface area contributed by atoms with Crippen LogP contribution in [0.15, 0.2) is 281 Å². The van der Waals surface area contributed by atoms with E-state index in [-0.39, 0.29) is 100 Å². The number of benzene rings is 8. The number of hydrogen-bond acceptors (Lipinski definition) is 25. The summed E-state index contributed by atoms with van der Waals surface area (Å²) in [5.74, 6) is 0.360. The van der Waals surface area contributed by atoms with Crippen molar-refractivity contribution in [3.63, 3.8) is 0 Å². The van der Waals surface area contributed by atoms with Gasteiger partial charge < -0.3 is 76.8 Å². The van der Waals surface area contributed by atoms with Crippen molar-refractivity contribution in [3.8, 4) is 0 Å². The molecule has 8 atom stereocenters. The number of alkyl carbamates (subject to hydrolysis) is 2. The van der Waals surface area contributed by atoms with Gasteiger partial charge >= 0.3 is 23.7 Å². The molecule has 8 aromatic carbocycles. The lowest BCUT2D eigenvalue weighted by atomic mass is 9.99. The normalized spacial score (nSPS) is 13.7. The predicted octanol–water partition coefficient (Wildman–Crippen LogP) is 21.7. The highest BCUT2D eigenvalue weighted by Gasteiger charge is 2.40. The quantitative estimate of drug-likeness (QED) is 0.0138. The molecule has 32 nitrogen and oxygen atoms in total. The number of fused-ring (bicyclic) bond motifs is 4. The van der Waals surface area contributed by atoms with Gasteiger partial charge in [-0.1, -0.05) is 199 Å². The van der Waals surface area contributed by atoms with Gasteiger partial charge in [0, 0.05) is 127 Å². The molecule has 4 aromatic heterocycles. The van der Waals surface area contributed by atoms with E-state index in [1.165, 1.54) is 55.1 Å². The minimum absolute atomic E-state index is 0.0493. The molecule has 4 heterocycles. The van der Waals surface area contributed by atoms with E-state index in [0.717, 1.165) is 27.6 Å². The molecule has 0 spiro atoms. The molecule has 0 unspecified atom stereocenters. The molecule has 0 radical (unpaired) electrons. The smallest absolute Gasteiger partial charge is 0.410 e. The first kappa shape index (κ1) is 126. The van der Waals surface area contributed by atoms with Gasteiger partial charge in [0.2, 0.25) is 40.1 Å². The lowest BCUT2D eigenvalue weighted by Gasteiger charge is -2.36. The second-order valence-electron chi connectivity index (χ2n) is 39.3. The number of nitrogens with zero attached hydrogens (tertiary/aromatic N) is 5. The van der Waals surface area contributed by atoms with Crippen molar-refractivity contribution >= 4 is 142 Å². The summed E-state index contributed by atoms with van der Waals surface area (Å²) in [5.41, 5.74) is 11.6. The number of sulfonamides is 4. The fraction of sp³-hybridized carbons (Fsp3) is 0.459. The van der Waals surface area contributed by atoms with Crippen LogP contribution in [0.4, 0.5) is 19.2 Å². The van der Waals surface area contributed by atoms with E-state index in [2.05, 4.69) is 38.0 Å². The van der Waals surface area contributed by atoms with E-state index >= 15 is 0 Å². The lowest BCUT2D eigenvalue weighted by Crippen LogP contribution is -2.52. The molecule has 818 valence electrons. The first-order chi connectivity index (χ1) is 70.4. The molecule has 0 aliphatic carbocycles. The Bertz CT molecular complexity index is 6530. The van der Waals surface area contributed by atoms with Gasteiger partial charge in [0.05, 0.1) is 105 Å². The number of likely N-dealkylation sites (N-methyl/N-ethyl adjacent to an activating group) is 1. The van der Waals surface area contributed by atoms with Crippen molar-refractivity contribution in [2.24, 2.45) is 29.4 Å². The number of alkyl halides is 1. The van der Waals surface area contributed by atoms with Crippen LogP contribution in [0.5, 0.6) is 0 Å².